The summed E-state index contributed by atoms with van der Waals surface area (Å²) in [7, 11) is 0. The van der Waals surface area contributed by atoms with Crippen molar-refractivity contribution in [2.45, 2.75) is 44.7 Å². The largest absolute Gasteiger partial charge is 0.348 e. The molecule has 0 spiro atoms. The normalized spacial score (nSPS) is 26.5. The highest BCUT2D eigenvalue weighted by atomic mass is 32.1. The van der Waals surface area contributed by atoms with Crippen LogP contribution < -0.4 is 11.1 Å². The molecule has 1 amide bonds. The van der Waals surface area contributed by atoms with Crippen LogP contribution in [0.4, 0.5) is 0 Å². The molecule has 94 valence electrons. The van der Waals surface area contributed by atoms with Crippen LogP contribution in [0.1, 0.15) is 43.5 Å². The van der Waals surface area contributed by atoms with Crippen LogP contribution in [0.15, 0.2) is 17.5 Å². The van der Waals surface area contributed by atoms with Crippen LogP contribution in [0, 0.1) is 5.92 Å². The molecule has 0 bridgehead atoms. The van der Waals surface area contributed by atoms with E-state index >= 15 is 0 Å². The summed E-state index contributed by atoms with van der Waals surface area (Å²) in [4.78, 5) is 13.3. The summed E-state index contributed by atoms with van der Waals surface area (Å²) in [6.45, 7) is 2.03. The predicted molar refractivity (Wildman–Crippen MR) is 70.8 cm³/mol. The summed E-state index contributed by atoms with van der Waals surface area (Å²) >= 11 is 1.67. The Morgan fingerprint density at radius 1 is 1.53 bits per heavy atom. The van der Waals surface area contributed by atoms with Gasteiger partial charge in [0, 0.05) is 10.9 Å². The molecule has 0 radical (unpaired) electrons. The van der Waals surface area contributed by atoms with Crippen molar-refractivity contribution in [1.29, 1.82) is 0 Å². The highest BCUT2D eigenvalue weighted by molar-refractivity contribution is 7.10. The quantitative estimate of drug-likeness (QED) is 0.868. The van der Waals surface area contributed by atoms with Crippen LogP contribution in [0.2, 0.25) is 0 Å². The maximum absolute atomic E-state index is 12.1. The van der Waals surface area contributed by atoms with Gasteiger partial charge in [-0.3, -0.25) is 4.79 Å². The summed E-state index contributed by atoms with van der Waals surface area (Å²) < 4.78 is 0. The molecule has 0 aromatic carbocycles. The summed E-state index contributed by atoms with van der Waals surface area (Å²) in [6, 6.07) is 4.20. The molecular weight excluding hydrogens is 232 g/mol. The zero-order valence-corrected chi connectivity index (χ0v) is 11.0. The molecule has 1 fully saturated rings. The van der Waals surface area contributed by atoms with E-state index in [-0.39, 0.29) is 23.9 Å². The van der Waals surface area contributed by atoms with Crippen molar-refractivity contribution in [2.24, 2.45) is 11.7 Å². The van der Waals surface area contributed by atoms with Gasteiger partial charge >= 0.3 is 0 Å². The van der Waals surface area contributed by atoms with E-state index in [0.29, 0.717) is 0 Å². The third-order valence-corrected chi connectivity index (χ3v) is 4.54. The van der Waals surface area contributed by atoms with E-state index in [0.717, 1.165) is 25.7 Å². The van der Waals surface area contributed by atoms with Crippen molar-refractivity contribution in [3.05, 3.63) is 22.4 Å². The highest BCUT2D eigenvalue weighted by Gasteiger charge is 2.29. The molecule has 1 aliphatic carbocycles. The van der Waals surface area contributed by atoms with Crippen LogP contribution in [0.25, 0.3) is 0 Å². The summed E-state index contributed by atoms with van der Waals surface area (Å²) in [5.74, 6) is 0.129. The van der Waals surface area contributed by atoms with Crippen LogP contribution in [-0.4, -0.2) is 11.9 Å². The maximum Gasteiger partial charge on any atom is 0.225 e. The minimum atomic E-state index is 0.00571. The first-order valence-corrected chi connectivity index (χ1v) is 7.16. The Morgan fingerprint density at radius 3 is 2.94 bits per heavy atom. The molecule has 4 heteroatoms. The SMILES string of the molecule is C[C@@H](NC(=O)C1CCCCC1N)c1cccs1. The van der Waals surface area contributed by atoms with Crippen molar-refractivity contribution in [3.8, 4) is 0 Å². The van der Waals surface area contributed by atoms with E-state index in [4.69, 9.17) is 5.73 Å². The first-order valence-electron chi connectivity index (χ1n) is 6.28. The van der Waals surface area contributed by atoms with E-state index in [2.05, 4.69) is 11.4 Å². The Morgan fingerprint density at radius 2 is 2.29 bits per heavy atom. The van der Waals surface area contributed by atoms with Gasteiger partial charge in [-0.15, -0.1) is 11.3 Å². The van der Waals surface area contributed by atoms with E-state index in [1.54, 1.807) is 11.3 Å². The minimum Gasteiger partial charge on any atom is -0.348 e. The summed E-state index contributed by atoms with van der Waals surface area (Å²) in [5, 5.41) is 5.11. The molecule has 2 rings (SSSR count). The zero-order chi connectivity index (χ0) is 12.3. The lowest BCUT2D eigenvalue weighted by molar-refractivity contribution is -0.127. The number of nitrogens with two attached hydrogens (primary N) is 1. The molecule has 1 heterocycles. The lowest BCUT2D eigenvalue weighted by atomic mass is 9.84. The fourth-order valence-electron chi connectivity index (χ4n) is 2.41. The number of amides is 1. The smallest absolute Gasteiger partial charge is 0.225 e. The van der Waals surface area contributed by atoms with Crippen LogP contribution in [-0.2, 0) is 4.79 Å². The van der Waals surface area contributed by atoms with Gasteiger partial charge in [0.1, 0.15) is 0 Å². The van der Waals surface area contributed by atoms with Crippen molar-refractivity contribution < 1.29 is 4.79 Å². The molecular formula is C13H20N2OS. The molecule has 3 atom stereocenters. The number of carbonyl (C=O) groups excluding carboxylic acids is 1. The molecule has 1 saturated carbocycles. The summed E-state index contributed by atoms with van der Waals surface area (Å²) in [6.07, 6.45) is 4.19. The van der Waals surface area contributed by atoms with Gasteiger partial charge in [-0.25, -0.2) is 0 Å². The number of carbonyl (C=O) groups is 1. The van der Waals surface area contributed by atoms with Crippen LogP contribution >= 0.6 is 11.3 Å². The molecule has 1 aromatic rings. The van der Waals surface area contributed by atoms with Crippen molar-refractivity contribution in [1.82, 2.24) is 5.32 Å². The first kappa shape index (κ1) is 12.6. The van der Waals surface area contributed by atoms with E-state index in [1.165, 1.54) is 4.88 Å². The Bertz CT molecular complexity index is 364. The molecule has 1 aromatic heterocycles. The number of nitrogens with one attached hydrogen (secondary N) is 1. The fourth-order valence-corrected chi connectivity index (χ4v) is 3.15. The number of hydrogen-bond acceptors (Lipinski definition) is 3. The topological polar surface area (TPSA) is 55.1 Å². The molecule has 1 aliphatic rings. The average Bonchev–Trinajstić information content (AvgIpc) is 2.82. The van der Waals surface area contributed by atoms with Crippen molar-refractivity contribution >= 4 is 17.2 Å². The number of thiophene rings is 1. The van der Waals surface area contributed by atoms with Gasteiger partial charge in [0.25, 0.3) is 0 Å². The molecule has 3 N–H and O–H groups in total. The van der Waals surface area contributed by atoms with Gasteiger partial charge in [0.15, 0.2) is 0 Å². The van der Waals surface area contributed by atoms with E-state index < -0.39 is 0 Å². The Kier molecular flexibility index (Phi) is 4.18. The Labute approximate surface area is 106 Å². The molecule has 17 heavy (non-hydrogen) atoms. The lowest BCUT2D eigenvalue weighted by Gasteiger charge is -2.28. The second-order valence-corrected chi connectivity index (χ2v) is 5.78. The van der Waals surface area contributed by atoms with Crippen molar-refractivity contribution in [2.75, 3.05) is 0 Å². The van der Waals surface area contributed by atoms with E-state index in [9.17, 15) is 4.79 Å². The van der Waals surface area contributed by atoms with Gasteiger partial charge in [-0.1, -0.05) is 18.9 Å². The van der Waals surface area contributed by atoms with Crippen LogP contribution in [0.3, 0.4) is 0 Å². The molecule has 2 unspecified atom stereocenters. The van der Waals surface area contributed by atoms with Gasteiger partial charge in [0.05, 0.1) is 12.0 Å². The number of hydrogen-bond donors (Lipinski definition) is 2. The maximum atomic E-state index is 12.1. The zero-order valence-electron chi connectivity index (χ0n) is 10.2. The minimum absolute atomic E-state index is 0.00571. The lowest BCUT2D eigenvalue weighted by Crippen LogP contribution is -2.44. The third kappa shape index (κ3) is 3.07. The number of rotatable bonds is 3. The fraction of sp³-hybridized carbons (Fsp3) is 0.615. The molecule has 3 nitrogen and oxygen atoms in total. The van der Waals surface area contributed by atoms with Gasteiger partial charge in [-0.2, -0.15) is 0 Å². The third-order valence-electron chi connectivity index (χ3n) is 3.48. The van der Waals surface area contributed by atoms with Crippen LogP contribution in [0.5, 0.6) is 0 Å². The second kappa shape index (κ2) is 5.65. The predicted octanol–water partition coefficient (Wildman–Crippen LogP) is 2.44. The van der Waals surface area contributed by atoms with Gasteiger partial charge in [-0.05, 0) is 31.2 Å². The van der Waals surface area contributed by atoms with E-state index in [1.807, 2.05) is 18.4 Å². The average molecular weight is 252 g/mol. The Balaban J connectivity index is 1.92. The highest BCUT2D eigenvalue weighted by Crippen LogP contribution is 2.25. The first-order chi connectivity index (χ1) is 8.18. The monoisotopic (exact) mass is 252 g/mol. The van der Waals surface area contributed by atoms with Gasteiger partial charge < -0.3 is 11.1 Å². The van der Waals surface area contributed by atoms with Gasteiger partial charge in [0.2, 0.25) is 5.91 Å². The molecule has 0 aliphatic heterocycles. The second-order valence-electron chi connectivity index (χ2n) is 4.80. The Hall–Kier alpha value is -0.870. The standard InChI is InChI=1S/C13H20N2OS/c1-9(12-7-4-8-17-12)15-13(16)10-5-2-3-6-11(10)14/h4,7-11H,2-3,5-6,14H2,1H3,(H,15,16)/t9-,10?,11?/m1/s1. The molecule has 0 saturated heterocycles. The summed E-state index contributed by atoms with van der Waals surface area (Å²) in [5.41, 5.74) is 6.02. The van der Waals surface area contributed by atoms with Crippen molar-refractivity contribution in [3.63, 3.8) is 0 Å².